The van der Waals surface area contributed by atoms with Crippen LogP contribution in [0.15, 0.2) is 0 Å². The fourth-order valence-electron chi connectivity index (χ4n) is 0.502. The number of rotatable bonds is 4. The van der Waals surface area contributed by atoms with Gasteiger partial charge in [0.25, 0.3) is 5.95 Å². The molecule has 0 amide bonds. The van der Waals surface area contributed by atoms with E-state index in [1.165, 1.54) is 0 Å². The third-order valence-electron chi connectivity index (χ3n) is 0.935. The lowest BCUT2D eigenvalue weighted by Gasteiger charge is -1.97. The number of tetrazole rings is 1. The molecule has 1 heterocycles. The number of anilines is 1. The van der Waals surface area contributed by atoms with E-state index in [-0.39, 0.29) is 0 Å². The van der Waals surface area contributed by atoms with Gasteiger partial charge < -0.3 is 10.1 Å². The minimum absolute atomic E-state index is 0.497. The summed E-state index contributed by atoms with van der Waals surface area (Å²) in [6, 6.07) is 0. The highest BCUT2D eigenvalue weighted by atomic mass is 16.5. The maximum atomic E-state index is 4.79. The van der Waals surface area contributed by atoms with Gasteiger partial charge in [-0.25, -0.2) is 0 Å². The predicted molar refractivity (Wildman–Crippen MR) is 34.5 cm³/mol. The number of nitrogens with zero attached hydrogens (tertiary/aromatic N) is 3. The molecule has 10 heavy (non-hydrogen) atoms. The molecule has 1 aromatic heterocycles. The fourth-order valence-corrected chi connectivity index (χ4v) is 0.502. The minimum atomic E-state index is 0.497. The van der Waals surface area contributed by atoms with Crippen molar-refractivity contribution in [2.75, 3.05) is 25.6 Å². The second-order valence-electron chi connectivity index (χ2n) is 1.65. The van der Waals surface area contributed by atoms with Gasteiger partial charge in [0.1, 0.15) is 0 Å². The molecule has 1 aromatic rings. The summed E-state index contributed by atoms with van der Waals surface area (Å²) in [5.41, 5.74) is 0. The van der Waals surface area contributed by atoms with Gasteiger partial charge in [-0.3, -0.25) is 0 Å². The number of aromatic nitrogens is 4. The van der Waals surface area contributed by atoms with Crippen molar-refractivity contribution in [3.05, 3.63) is 0 Å². The normalized spacial score (nSPS) is 9.70. The Bertz CT molecular complexity index is 162. The first-order valence-corrected chi connectivity index (χ1v) is 2.89. The second kappa shape index (κ2) is 3.78. The molecule has 6 nitrogen and oxygen atoms in total. The Morgan fingerprint density at radius 2 is 2.60 bits per heavy atom. The van der Waals surface area contributed by atoms with Crippen LogP contribution in [-0.4, -0.2) is 40.9 Å². The first kappa shape index (κ1) is 6.94. The molecule has 0 unspecified atom stereocenters. The van der Waals surface area contributed by atoms with E-state index in [1.807, 2.05) is 0 Å². The predicted octanol–water partition coefficient (Wildman–Crippen LogP) is -0.742. The lowest BCUT2D eigenvalue weighted by molar-refractivity contribution is 0.210. The maximum absolute atomic E-state index is 4.79. The molecule has 0 spiro atoms. The first-order chi connectivity index (χ1) is 4.93. The van der Waals surface area contributed by atoms with Crippen molar-refractivity contribution in [2.45, 2.75) is 0 Å². The fraction of sp³-hybridized carbons (Fsp3) is 0.750. The molecule has 56 valence electrons. The third-order valence-corrected chi connectivity index (χ3v) is 0.935. The van der Waals surface area contributed by atoms with E-state index in [9.17, 15) is 0 Å². The van der Waals surface area contributed by atoms with Crippen LogP contribution in [0, 0.1) is 0 Å². The number of hydrogen-bond acceptors (Lipinski definition) is 5. The van der Waals surface area contributed by atoms with E-state index >= 15 is 0 Å². The summed E-state index contributed by atoms with van der Waals surface area (Å²) in [5, 5.41) is 15.9. The van der Waals surface area contributed by atoms with Gasteiger partial charge >= 0.3 is 0 Å². The molecule has 0 saturated heterocycles. The molecule has 0 radical (unpaired) electrons. The topological polar surface area (TPSA) is 75.7 Å². The van der Waals surface area contributed by atoms with Crippen molar-refractivity contribution in [3.63, 3.8) is 0 Å². The van der Waals surface area contributed by atoms with Gasteiger partial charge in [-0.05, 0) is 5.21 Å². The van der Waals surface area contributed by atoms with Gasteiger partial charge in [-0.2, -0.15) is 5.21 Å². The van der Waals surface area contributed by atoms with Crippen LogP contribution in [0.5, 0.6) is 0 Å². The van der Waals surface area contributed by atoms with Gasteiger partial charge in [-0.1, -0.05) is 5.10 Å². The average Bonchev–Trinajstić information content (AvgIpc) is 2.41. The van der Waals surface area contributed by atoms with Gasteiger partial charge in [0.2, 0.25) is 0 Å². The Morgan fingerprint density at radius 1 is 1.70 bits per heavy atom. The van der Waals surface area contributed by atoms with Crippen molar-refractivity contribution in [3.8, 4) is 0 Å². The Kier molecular flexibility index (Phi) is 2.62. The van der Waals surface area contributed by atoms with Crippen molar-refractivity contribution in [1.29, 1.82) is 0 Å². The number of hydrogen-bond donors (Lipinski definition) is 2. The molecule has 2 N–H and O–H groups in total. The molecule has 0 atom stereocenters. The van der Waals surface area contributed by atoms with Crippen LogP contribution in [-0.2, 0) is 4.74 Å². The number of methoxy groups -OCH3 is 1. The van der Waals surface area contributed by atoms with Crippen molar-refractivity contribution in [2.24, 2.45) is 0 Å². The van der Waals surface area contributed by atoms with E-state index in [0.29, 0.717) is 19.1 Å². The Labute approximate surface area is 58.0 Å². The molecule has 0 bridgehead atoms. The molecule has 0 saturated carbocycles. The minimum Gasteiger partial charge on any atom is -0.383 e. The van der Waals surface area contributed by atoms with Crippen LogP contribution in [0.1, 0.15) is 0 Å². The largest absolute Gasteiger partial charge is 0.383 e. The van der Waals surface area contributed by atoms with Crippen molar-refractivity contribution < 1.29 is 4.74 Å². The van der Waals surface area contributed by atoms with E-state index in [2.05, 4.69) is 25.9 Å². The number of ether oxygens (including phenoxy) is 1. The standard InChI is InChI=1S/C4H9N5O/c1-10-3-2-5-4-6-8-9-7-4/h2-3H2,1H3,(H2,5,6,7,8,9). The molecule has 0 aliphatic carbocycles. The molecule has 0 aromatic carbocycles. The highest BCUT2D eigenvalue weighted by Crippen LogP contribution is 1.87. The third kappa shape index (κ3) is 1.98. The van der Waals surface area contributed by atoms with Crippen LogP contribution >= 0.6 is 0 Å². The van der Waals surface area contributed by atoms with Crippen LogP contribution in [0.25, 0.3) is 0 Å². The first-order valence-electron chi connectivity index (χ1n) is 2.89. The summed E-state index contributed by atoms with van der Waals surface area (Å²) in [6.07, 6.45) is 0. The summed E-state index contributed by atoms with van der Waals surface area (Å²) < 4.78 is 4.79. The molecule has 1 rings (SSSR count). The van der Waals surface area contributed by atoms with Crippen LogP contribution in [0.4, 0.5) is 5.95 Å². The molecule has 6 heteroatoms. The zero-order chi connectivity index (χ0) is 7.23. The summed E-state index contributed by atoms with van der Waals surface area (Å²) in [7, 11) is 1.64. The van der Waals surface area contributed by atoms with Crippen LogP contribution in [0.3, 0.4) is 0 Å². The molecular weight excluding hydrogens is 134 g/mol. The van der Waals surface area contributed by atoms with Crippen molar-refractivity contribution in [1.82, 2.24) is 20.6 Å². The number of H-pyrrole nitrogens is 1. The van der Waals surface area contributed by atoms with Gasteiger partial charge in [0.05, 0.1) is 6.61 Å². The number of nitrogens with one attached hydrogen (secondary N) is 2. The summed E-state index contributed by atoms with van der Waals surface area (Å²) in [6.45, 7) is 1.32. The molecule has 0 aliphatic rings. The molecule has 0 fully saturated rings. The maximum Gasteiger partial charge on any atom is 0.263 e. The number of aromatic amines is 1. The van der Waals surface area contributed by atoms with Crippen molar-refractivity contribution >= 4 is 5.95 Å². The Balaban J connectivity index is 2.15. The monoisotopic (exact) mass is 143 g/mol. The van der Waals surface area contributed by atoms with E-state index < -0.39 is 0 Å². The Hall–Kier alpha value is -1.17. The zero-order valence-electron chi connectivity index (χ0n) is 5.66. The zero-order valence-corrected chi connectivity index (χ0v) is 5.66. The summed E-state index contributed by atoms with van der Waals surface area (Å²) in [4.78, 5) is 0. The van der Waals surface area contributed by atoms with Gasteiger partial charge in [0, 0.05) is 13.7 Å². The SMILES string of the molecule is COCCNc1nn[nH]n1. The smallest absolute Gasteiger partial charge is 0.263 e. The van der Waals surface area contributed by atoms with E-state index in [0.717, 1.165) is 0 Å². The second-order valence-corrected chi connectivity index (χ2v) is 1.65. The van der Waals surface area contributed by atoms with E-state index in [4.69, 9.17) is 4.74 Å². The molecular formula is C4H9N5O. The quantitative estimate of drug-likeness (QED) is 0.543. The summed E-state index contributed by atoms with van der Waals surface area (Å²) >= 11 is 0. The lowest BCUT2D eigenvalue weighted by Crippen LogP contribution is -2.08. The highest BCUT2D eigenvalue weighted by molar-refractivity contribution is 5.17. The van der Waals surface area contributed by atoms with Crippen LogP contribution < -0.4 is 5.32 Å². The molecule has 0 aliphatic heterocycles. The van der Waals surface area contributed by atoms with Crippen LogP contribution in [0.2, 0.25) is 0 Å². The highest BCUT2D eigenvalue weighted by Gasteiger charge is 1.92. The van der Waals surface area contributed by atoms with E-state index in [1.54, 1.807) is 7.11 Å². The summed E-state index contributed by atoms with van der Waals surface area (Å²) in [5.74, 6) is 0.497. The lowest BCUT2D eigenvalue weighted by atomic mass is 10.7. The van der Waals surface area contributed by atoms with Gasteiger partial charge in [-0.15, -0.1) is 5.10 Å². The average molecular weight is 143 g/mol. The van der Waals surface area contributed by atoms with Gasteiger partial charge in [0.15, 0.2) is 0 Å². The Morgan fingerprint density at radius 3 is 3.20 bits per heavy atom.